The van der Waals surface area contributed by atoms with Crippen molar-refractivity contribution in [2.24, 2.45) is 20.4 Å². The Hall–Kier alpha value is -2.56. The van der Waals surface area contributed by atoms with E-state index in [4.69, 9.17) is 10.3 Å². The van der Waals surface area contributed by atoms with Crippen molar-refractivity contribution in [3.8, 4) is 0 Å². The molecule has 2 rings (SSSR count). The van der Waals surface area contributed by atoms with Crippen molar-refractivity contribution in [1.82, 2.24) is 9.30 Å². The van der Waals surface area contributed by atoms with Gasteiger partial charge in [-0.25, -0.2) is 4.57 Å². The van der Waals surface area contributed by atoms with E-state index >= 15 is 0 Å². The second-order valence-corrected chi connectivity index (χ2v) is 4.87. The lowest BCUT2D eigenvalue weighted by atomic mass is 10.4. The molecule has 0 aromatic carbocycles. The monoisotopic (exact) mass is 369 g/mol. The van der Waals surface area contributed by atoms with Crippen LogP contribution in [0.2, 0.25) is 0 Å². The number of rotatable bonds is 6. The molecule has 2 aromatic rings. The minimum absolute atomic E-state index is 0. The lowest BCUT2D eigenvalue weighted by molar-refractivity contribution is -0.757. The largest absolute Gasteiger partial charge is 1.00 e. The molecule has 10 nitrogen and oxygen atoms in total. The van der Waals surface area contributed by atoms with E-state index in [2.05, 4.69) is 20.4 Å². The van der Waals surface area contributed by atoms with Gasteiger partial charge in [-0.15, -0.1) is 15.3 Å². The molecular weight excluding hydrogens is 350 g/mol. The van der Waals surface area contributed by atoms with E-state index in [-0.39, 0.29) is 25.6 Å². The molecule has 11 heteroatoms. The highest BCUT2D eigenvalue weighted by molar-refractivity contribution is 5.79. The van der Waals surface area contributed by atoms with Crippen molar-refractivity contribution in [3.63, 3.8) is 0 Å². The number of aromatic nitrogens is 3. The third-order valence-corrected chi connectivity index (χ3v) is 3.00. The summed E-state index contributed by atoms with van der Waals surface area (Å²) >= 11 is 0. The van der Waals surface area contributed by atoms with Gasteiger partial charge in [-0.2, -0.15) is 5.11 Å². The van der Waals surface area contributed by atoms with Crippen LogP contribution in [0.5, 0.6) is 0 Å². The highest BCUT2D eigenvalue weighted by atomic mass is 35.5. The molecule has 1 atom stereocenters. The summed E-state index contributed by atoms with van der Waals surface area (Å²) in [5.74, 6) is 0.325. The van der Waals surface area contributed by atoms with Gasteiger partial charge in [0.15, 0.2) is 17.5 Å². The molecule has 2 heterocycles. The Morgan fingerprint density at radius 3 is 2.80 bits per heavy atom. The first kappa shape index (κ1) is 20.5. The minimum Gasteiger partial charge on any atom is -1.00 e. The zero-order chi connectivity index (χ0) is 17.4. The summed E-state index contributed by atoms with van der Waals surface area (Å²) in [4.78, 5) is 0. The van der Waals surface area contributed by atoms with E-state index in [9.17, 15) is 5.11 Å². The molecule has 0 aliphatic heterocycles. The summed E-state index contributed by atoms with van der Waals surface area (Å²) in [6.07, 6.45) is 5.06. The van der Waals surface area contributed by atoms with E-state index in [1.165, 1.54) is 23.3 Å². The second kappa shape index (κ2) is 10.3. The third-order valence-electron chi connectivity index (χ3n) is 3.00. The number of halogens is 1. The van der Waals surface area contributed by atoms with Crippen molar-refractivity contribution in [1.29, 1.82) is 0 Å². The molecule has 0 saturated carbocycles. The van der Waals surface area contributed by atoms with E-state index in [0.717, 1.165) is 4.73 Å². The molecule has 0 amide bonds. The van der Waals surface area contributed by atoms with Gasteiger partial charge in [-0.05, 0) is 19.1 Å². The van der Waals surface area contributed by atoms with Gasteiger partial charge >= 0.3 is 0 Å². The summed E-state index contributed by atoms with van der Waals surface area (Å²) in [7, 11) is 0. The summed E-state index contributed by atoms with van der Waals surface area (Å²) in [6.45, 7) is 2.07. The highest BCUT2D eigenvalue weighted by Gasteiger charge is 2.12. The van der Waals surface area contributed by atoms with Crippen molar-refractivity contribution >= 4 is 5.84 Å². The Morgan fingerprint density at radius 1 is 1.32 bits per heavy atom. The molecule has 0 spiro atoms. The average molecular weight is 370 g/mol. The lowest BCUT2D eigenvalue weighted by Crippen LogP contribution is -3.00. The molecule has 25 heavy (non-hydrogen) atoms. The topological polar surface area (TPSA) is 124 Å². The van der Waals surface area contributed by atoms with E-state index < -0.39 is 6.23 Å². The molecule has 0 saturated heterocycles. The lowest BCUT2D eigenvalue weighted by Gasteiger charge is -2.02. The Labute approximate surface area is 150 Å². The first-order valence-electron chi connectivity index (χ1n) is 7.28. The summed E-state index contributed by atoms with van der Waals surface area (Å²) in [6, 6.07) is 5.42. The number of hydrogen-bond acceptors (Lipinski definition) is 6. The van der Waals surface area contributed by atoms with Crippen molar-refractivity contribution < 1.29 is 32.4 Å². The quantitative estimate of drug-likeness (QED) is 0.123. The van der Waals surface area contributed by atoms with Gasteiger partial charge in [0.2, 0.25) is 6.23 Å². The fourth-order valence-electron chi connectivity index (χ4n) is 1.84. The maximum Gasteiger partial charge on any atom is 0.286 e. The van der Waals surface area contributed by atoms with Crippen LogP contribution in [0.25, 0.3) is 0 Å². The Bertz CT molecular complexity index is 784. The van der Waals surface area contributed by atoms with Gasteiger partial charge in [0.05, 0.1) is 6.61 Å². The van der Waals surface area contributed by atoms with Gasteiger partial charge in [-0.3, -0.25) is 0 Å². The summed E-state index contributed by atoms with van der Waals surface area (Å²) in [5, 5.41) is 43.7. The number of azo groups is 1. The molecule has 136 valence electrons. The normalized spacial score (nSPS) is 13.9. The van der Waals surface area contributed by atoms with Gasteiger partial charge in [-0.1, -0.05) is 10.8 Å². The molecule has 0 aliphatic rings. The Morgan fingerprint density at radius 2 is 2.12 bits per heavy atom. The van der Waals surface area contributed by atoms with Crippen LogP contribution in [-0.2, 0) is 6.54 Å². The summed E-state index contributed by atoms with van der Waals surface area (Å²) in [5.41, 5.74) is 0.584. The van der Waals surface area contributed by atoms with Gasteiger partial charge < -0.3 is 32.4 Å². The number of aliphatic hydroxyl groups is 2. The highest BCUT2D eigenvalue weighted by Crippen LogP contribution is 1.93. The maximum absolute atomic E-state index is 9.84. The molecule has 1 unspecified atom stereocenters. The predicted octanol–water partition coefficient (Wildman–Crippen LogP) is -3.31. The maximum atomic E-state index is 9.84. The van der Waals surface area contributed by atoms with Crippen molar-refractivity contribution in [3.05, 3.63) is 48.6 Å². The Balaban J connectivity index is 0.00000312. The Kier molecular flexibility index (Phi) is 8.47. The number of hydrogen-bond donors (Lipinski definition) is 3. The van der Waals surface area contributed by atoms with Crippen LogP contribution in [-0.4, -0.2) is 43.7 Å². The smallest absolute Gasteiger partial charge is 0.286 e. The van der Waals surface area contributed by atoms with Crippen LogP contribution in [0.1, 0.15) is 13.2 Å². The zero-order valence-corrected chi connectivity index (χ0v) is 14.3. The van der Waals surface area contributed by atoms with Crippen LogP contribution in [0, 0.1) is 0 Å². The fraction of sp³-hybridized carbons (Fsp3) is 0.357. The molecule has 0 fully saturated rings. The number of pyridine rings is 1. The number of imidazole rings is 1. The van der Waals surface area contributed by atoms with Gasteiger partial charge in [0.25, 0.3) is 6.33 Å². The van der Waals surface area contributed by atoms with E-state index in [1.54, 1.807) is 23.8 Å². The molecule has 2 aromatic heterocycles. The van der Waals surface area contributed by atoms with Crippen LogP contribution < -0.4 is 22.5 Å². The van der Waals surface area contributed by atoms with Crippen molar-refractivity contribution in [2.75, 3.05) is 13.2 Å². The first-order valence-corrected chi connectivity index (χ1v) is 7.28. The van der Waals surface area contributed by atoms with Crippen LogP contribution in [0.4, 0.5) is 0 Å². The van der Waals surface area contributed by atoms with E-state index in [1.807, 2.05) is 12.1 Å². The van der Waals surface area contributed by atoms with Crippen LogP contribution in [0.15, 0.2) is 63.5 Å². The van der Waals surface area contributed by atoms with Crippen LogP contribution >= 0.6 is 0 Å². The fourth-order valence-corrected chi connectivity index (χ4v) is 1.84. The number of amidine groups is 1. The molecule has 0 aliphatic carbocycles. The third kappa shape index (κ3) is 6.45. The standard InChI is InChI=1S/C14H20N7O3.ClH/c1-12(16-15-10-14(23)20-6-7-21(24)11-20)17-18-13-4-2-3-5-19(13)8-9-22;/h2-7,11,14,22-24H,8-10H2,1H3;1H/q+1;/p-1. The van der Waals surface area contributed by atoms with Gasteiger partial charge in [0.1, 0.15) is 12.7 Å². The SMILES string of the molecule is CC(N=NCC(O)[n+]1ccn(O)c1)=NN=c1ccccn1CCO.[Cl-]. The number of nitrogens with zero attached hydrogens (tertiary/aromatic N) is 7. The van der Waals surface area contributed by atoms with Crippen molar-refractivity contribution in [2.45, 2.75) is 19.7 Å². The molecule has 3 N–H and O–H groups in total. The second-order valence-electron chi connectivity index (χ2n) is 4.87. The zero-order valence-electron chi connectivity index (χ0n) is 13.6. The summed E-state index contributed by atoms with van der Waals surface area (Å²) < 4.78 is 3.97. The average Bonchev–Trinajstić information content (AvgIpc) is 3.01. The minimum atomic E-state index is -0.937. The van der Waals surface area contributed by atoms with Gasteiger partial charge in [0, 0.05) is 12.7 Å². The molecule has 0 radical (unpaired) electrons. The van der Waals surface area contributed by atoms with Crippen LogP contribution in [0.3, 0.4) is 0 Å². The van der Waals surface area contributed by atoms with E-state index in [0.29, 0.717) is 17.9 Å². The number of aliphatic hydroxyl groups excluding tert-OH is 2. The molecule has 0 bridgehead atoms. The first-order chi connectivity index (χ1) is 11.6. The predicted molar refractivity (Wildman–Crippen MR) is 83.0 cm³/mol. The molecular formula is C14H20ClN7O3.